The Morgan fingerprint density at radius 1 is 1.31 bits per heavy atom. The zero-order valence-corrected chi connectivity index (χ0v) is 20.8. The van der Waals surface area contributed by atoms with Gasteiger partial charge in [-0.2, -0.15) is 11.8 Å². The summed E-state index contributed by atoms with van der Waals surface area (Å²) in [7, 11) is 0. The molecule has 1 unspecified atom stereocenters. The van der Waals surface area contributed by atoms with Crippen LogP contribution in [0.1, 0.15) is 50.7 Å². The first-order chi connectivity index (χ1) is 13.6. The van der Waals surface area contributed by atoms with Crippen LogP contribution in [0, 0.1) is 5.82 Å². The molecular formula is C21H34FIN4OS. The number of carbonyl (C=O) groups excluding carboxylic acids is 1. The number of likely N-dealkylation sites (tertiary alicyclic amines) is 1. The number of hydrogen-bond acceptors (Lipinski definition) is 3. The Morgan fingerprint density at radius 3 is 2.72 bits per heavy atom. The van der Waals surface area contributed by atoms with Crippen molar-refractivity contribution in [1.82, 2.24) is 15.5 Å². The Balaban J connectivity index is 0.00000420. The molecule has 1 aliphatic rings. The maximum Gasteiger partial charge on any atom is 0.222 e. The first kappa shape index (κ1) is 26.0. The van der Waals surface area contributed by atoms with E-state index >= 15 is 0 Å². The molecule has 5 nitrogen and oxygen atoms in total. The van der Waals surface area contributed by atoms with Crippen molar-refractivity contribution >= 4 is 47.6 Å². The normalized spacial score (nSPS) is 15.2. The Kier molecular flexibility index (Phi) is 12.6. The quantitative estimate of drug-likeness (QED) is 0.268. The highest BCUT2D eigenvalue weighted by molar-refractivity contribution is 14.0. The number of benzene rings is 1. The second-order valence-electron chi connectivity index (χ2n) is 7.01. The topological polar surface area (TPSA) is 56.7 Å². The van der Waals surface area contributed by atoms with Crippen LogP contribution in [0.25, 0.3) is 0 Å². The summed E-state index contributed by atoms with van der Waals surface area (Å²) in [6.07, 6.45) is 5.54. The van der Waals surface area contributed by atoms with Gasteiger partial charge in [-0.1, -0.05) is 13.0 Å². The summed E-state index contributed by atoms with van der Waals surface area (Å²) < 4.78 is 13.5. The second-order valence-corrected chi connectivity index (χ2v) is 7.88. The van der Waals surface area contributed by atoms with Crippen LogP contribution in [-0.4, -0.2) is 48.7 Å². The van der Waals surface area contributed by atoms with Crippen LogP contribution in [0.2, 0.25) is 0 Å². The number of rotatable bonds is 10. The number of carbonyl (C=O) groups is 1. The predicted molar refractivity (Wildman–Crippen MR) is 131 cm³/mol. The molecule has 0 saturated carbocycles. The van der Waals surface area contributed by atoms with Crippen molar-refractivity contribution in [3.05, 3.63) is 35.1 Å². The molecule has 29 heavy (non-hydrogen) atoms. The summed E-state index contributed by atoms with van der Waals surface area (Å²) in [5.74, 6) is 1.60. The molecular weight excluding hydrogens is 502 g/mol. The smallest absolute Gasteiger partial charge is 0.222 e. The number of nitrogens with one attached hydrogen (secondary N) is 2. The van der Waals surface area contributed by atoms with Crippen LogP contribution in [0.4, 0.5) is 4.39 Å². The van der Waals surface area contributed by atoms with Gasteiger partial charge in [-0.3, -0.25) is 4.79 Å². The van der Waals surface area contributed by atoms with E-state index in [1.165, 1.54) is 6.07 Å². The maximum absolute atomic E-state index is 13.5. The largest absolute Gasteiger partial charge is 0.357 e. The fourth-order valence-corrected chi connectivity index (χ4v) is 4.12. The number of guanidine groups is 1. The number of nitrogens with zero attached hydrogens (tertiary/aromatic N) is 2. The molecule has 1 fully saturated rings. The fraction of sp³-hybridized carbons (Fsp3) is 0.619. The summed E-state index contributed by atoms with van der Waals surface area (Å²) in [5, 5.41) is 6.64. The van der Waals surface area contributed by atoms with Gasteiger partial charge < -0.3 is 15.5 Å². The van der Waals surface area contributed by atoms with Gasteiger partial charge >= 0.3 is 0 Å². The van der Waals surface area contributed by atoms with E-state index in [0.717, 1.165) is 61.7 Å². The molecule has 0 aromatic heterocycles. The van der Waals surface area contributed by atoms with Crippen molar-refractivity contribution in [2.24, 2.45) is 4.99 Å². The summed E-state index contributed by atoms with van der Waals surface area (Å²) >= 11 is 1.68. The van der Waals surface area contributed by atoms with Gasteiger partial charge in [-0.25, -0.2) is 9.38 Å². The molecule has 1 aromatic carbocycles. The summed E-state index contributed by atoms with van der Waals surface area (Å²) in [6, 6.07) is 5.20. The predicted octanol–water partition coefficient (Wildman–Crippen LogP) is 4.15. The molecule has 0 aliphatic carbocycles. The monoisotopic (exact) mass is 536 g/mol. The second kappa shape index (κ2) is 14.1. The van der Waals surface area contributed by atoms with Crippen molar-refractivity contribution in [3.8, 4) is 0 Å². The molecule has 8 heteroatoms. The Hall–Kier alpha value is -1.03. The summed E-state index contributed by atoms with van der Waals surface area (Å²) in [5.41, 5.74) is 2.03. The van der Waals surface area contributed by atoms with Crippen molar-refractivity contribution in [2.45, 2.75) is 57.9 Å². The molecule has 0 spiro atoms. The number of amides is 1. The molecule has 2 N–H and O–H groups in total. The number of hydrogen-bond donors (Lipinski definition) is 2. The fourth-order valence-electron chi connectivity index (χ4n) is 3.54. The molecule has 1 atom stereocenters. The van der Waals surface area contributed by atoms with E-state index in [2.05, 4.69) is 22.5 Å². The lowest BCUT2D eigenvalue weighted by molar-refractivity contribution is -0.129. The van der Waals surface area contributed by atoms with Crippen molar-refractivity contribution in [1.29, 1.82) is 0 Å². The number of halogens is 2. The van der Waals surface area contributed by atoms with E-state index in [1.807, 2.05) is 24.1 Å². The number of aliphatic imine (C=N–C) groups is 1. The minimum atomic E-state index is -0.205. The average molecular weight is 536 g/mol. The van der Waals surface area contributed by atoms with Crippen molar-refractivity contribution < 1.29 is 9.18 Å². The van der Waals surface area contributed by atoms with Crippen LogP contribution in [0.15, 0.2) is 23.2 Å². The maximum atomic E-state index is 13.5. The molecule has 1 aliphatic heterocycles. The molecule has 164 valence electrons. The highest BCUT2D eigenvalue weighted by Crippen LogP contribution is 2.18. The molecule has 1 aromatic rings. The third-order valence-electron chi connectivity index (χ3n) is 5.01. The van der Waals surface area contributed by atoms with Crippen molar-refractivity contribution in [2.75, 3.05) is 25.9 Å². The highest BCUT2D eigenvalue weighted by Gasteiger charge is 2.26. The molecule has 1 saturated heterocycles. The van der Waals surface area contributed by atoms with Gasteiger partial charge in [0.1, 0.15) is 5.82 Å². The van der Waals surface area contributed by atoms with E-state index < -0.39 is 0 Å². The lowest BCUT2D eigenvalue weighted by atomic mass is 10.1. The van der Waals surface area contributed by atoms with Gasteiger partial charge in [0.15, 0.2) is 5.96 Å². The van der Waals surface area contributed by atoms with Gasteiger partial charge in [-0.05, 0) is 55.7 Å². The van der Waals surface area contributed by atoms with Crippen LogP contribution in [-0.2, 0) is 17.1 Å². The van der Waals surface area contributed by atoms with Gasteiger partial charge in [-0.15, -0.1) is 24.0 Å². The Labute approximate surface area is 195 Å². The molecule has 0 bridgehead atoms. The molecule has 1 amide bonds. The minimum absolute atomic E-state index is 0. The van der Waals surface area contributed by atoms with Crippen LogP contribution >= 0.6 is 35.7 Å². The van der Waals surface area contributed by atoms with E-state index in [9.17, 15) is 9.18 Å². The van der Waals surface area contributed by atoms with Gasteiger partial charge in [0, 0.05) is 37.8 Å². The molecule has 0 radical (unpaired) electrons. The van der Waals surface area contributed by atoms with Crippen LogP contribution in [0.5, 0.6) is 0 Å². The number of thioether (sulfide) groups is 1. The van der Waals surface area contributed by atoms with E-state index in [0.29, 0.717) is 13.0 Å². The minimum Gasteiger partial charge on any atom is -0.357 e. The van der Waals surface area contributed by atoms with Crippen LogP contribution < -0.4 is 10.6 Å². The van der Waals surface area contributed by atoms with E-state index in [4.69, 9.17) is 0 Å². The first-order valence-electron chi connectivity index (χ1n) is 10.2. The zero-order chi connectivity index (χ0) is 20.4. The molecule has 1 heterocycles. The zero-order valence-electron chi connectivity index (χ0n) is 17.7. The SMILES string of the molecule is CCNC(=NCc1ccc(F)cc1CSC)NCCC(CC)N1CCCC1=O.I. The average Bonchev–Trinajstić information content (AvgIpc) is 3.10. The molecule has 2 rings (SSSR count). The third kappa shape index (κ3) is 8.32. The Morgan fingerprint density at radius 2 is 2.10 bits per heavy atom. The van der Waals surface area contributed by atoms with Crippen molar-refractivity contribution in [3.63, 3.8) is 0 Å². The summed E-state index contributed by atoms with van der Waals surface area (Å²) in [4.78, 5) is 18.7. The van der Waals surface area contributed by atoms with E-state index in [1.54, 1.807) is 17.8 Å². The van der Waals surface area contributed by atoms with Gasteiger partial charge in [0.25, 0.3) is 0 Å². The van der Waals surface area contributed by atoms with Gasteiger partial charge in [0.2, 0.25) is 5.91 Å². The van der Waals surface area contributed by atoms with Gasteiger partial charge in [0.05, 0.1) is 6.54 Å². The summed E-state index contributed by atoms with van der Waals surface area (Å²) in [6.45, 7) is 7.09. The first-order valence-corrected chi connectivity index (χ1v) is 11.6. The lowest BCUT2D eigenvalue weighted by Crippen LogP contribution is -2.42. The van der Waals surface area contributed by atoms with Crippen LogP contribution in [0.3, 0.4) is 0 Å². The van der Waals surface area contributed by atoms with E-state index in [-0.39, 0.29) is 41.7 Å². The Bertz CT molecular complexity index is 674. The third-order valence-corrected chi connectivity index (χ3v) is 5.61. The highest BCUT2D eigenvalue weighted by atomic mass is 127. The lowest BCUT2D eigenvalue weighted by Gasteiger charge is -2.27. The standard InChI is InChI=1S/C21H33FN4OS.HI/c1-4-19(26-12-6-7-20(26)27)10-11-24-21(23-5-2)25-14-16-8-9-18(22)13-17(16)15-28-3;/h8-9,13,19H,4-7,10-12,14-15H2,1-3H3,(H2,23,24,25);1H.